The highest BCUT2D eigenvalue weighted by molar-refractivity contribution is 8.00. The molecule has 1 fully saturated rings. The van der Waals surface area contributed by atoms with E-state index in [1.165, 1.54) is 25.0 Å². The molecule has 1 aromatic carbocycles. The maximum atomic E-state index is 13.1. The van der Waals surface area contributed by atoms with Gasteiger partial charge in [-0.2, -0.15) is 11.8 Å². The van der Waals surface area contributed by atoms with Crippen LogP contribution in [0.5, 0.6) is 0 Å². The molecule has 2 nitrogen and oxygen atoms in total. The molecular formula is C12H13FN2S2. The van der Waals surface area contributed by atoms with Gasteiger partial charge in [-0.1, -0.05) is 0 Å². The Kier molecular flexibility index (Phi) is 2.56. The minimum Gasteiger partial charge on any atom is -0.330 e. The highest BCUT2D eigenvalue weighted by atomic mass is 32.2. The minimum absolute atomic E-state index is 0.230. The Morgan fingerprint density at radius 3 is 2.94 bits per heavy atom. The predicted octanol–water partition coefficient (Wildman–Crippen LogP) is 3.73. The van der Waals surface area contributed by atoms with Crippen molar-refractivity contribution in [1.82, 2.24) is 9.55 Å². The Morgan fingerprint density at radius 2 is 2.29 bits per heavy atom. The maximum Gasteiger partial charge on any atom is 0.178 e. The second-order valence-electron chi connectivity index (χ2n) is 4.56. The minimum atomic E-state index is -0.230. The van der Waals surface area contributed by atoms with Gasteiger partial charge in [-0.3, -0.25) is 0 Å². The van der Waals surface area contributed by atoms with E-state index in [9.17, 15) is 4.39 Å². The number of aromatic amines is 1. The summed E-state index contributed by atoms with van der Waals surface area (Å²) in [6.45, 7) is 0.915. The van der Waals surface area contributed by atoms with Crippen LogP contribution in [0.3, 0.4) is 0 Å². The molecule has 0 radical (unpaired) electrons. The Labute approximate surface area is 108 Å². The molecule has 0 atom stereocenters. The number of thioether (sulfide) groups is 1. The summed E-state index contributed by atoms with van der Waals surface area (Å²) >= 11 is 7.22. The third kappa shape index (κ3) is 1.91. The van der Waals surface area contributed by atoms with E-state index in [4.69, 9.17) is 12.2 Å². The third-order valence-electron chi connectivity index (χ3n) is 3.42. The van der Waals surface area contributed by atoms with Crippen LogP contribution in [-0.2, 0) is 6.54 Å². The smallest absolute Gasteiger partial charge is 0.178 e. The Morgan fingerprint density at radius 1 is 1.53 bits per heavy atom. The zero-order valence-corrected chi connectivity index (χ0v) is 11.1. The van der Waals surface area contributed by atoms with E-state index in [2.05, 4.69) is 15.8 Å². The lowest BCUT2D eigenvalue weighted by Crippen LogP contribution is -2.13. The Bertz CT molecular complexity index is 625. The van der Waals surface area contributed by atoms with Crippen molar-refractivity contribution in [1.29, 1.82) is 0 Å². The van der Waals surface area contributed by atoms with Crippen LogP contribution in [0.4, 0.5) is 4.39 Å². The van der Waals surface area contributed by atoms with E-state index < -0.39 is 0 Å². The van der Waals surface area contributed by atoms with Crippen LogP contribution in [-0.4, -0.2) is 20.6 Å². The molecule has 1 heterocycles. The van der Waals surface area contributed by atoms with Crippen molar-refractivity contribution in [2.24, 2.45) is 0 Å². The molecule has 0 amide bonds. The van der Waals surface area contributed by atoms with E-state index >= 15 is 0 Å². The molecule has 0 saturated heterocycles. The molecule has 1 aliphatic rings. The molecule has 2 aromatic rings. The molecule has 1 saturated carbocycles. The van der Waals surface area contributed by atoms with E-state index in [0.717, 1.165) is 17.6 Å². The number of benzene rings is 1. The van der Waals surface area contributed by atoms with Crippen molar-refractivity contribution in [3.05, 3.63) is 28.8 Å². The lowest BCUT2D eigenvalue weighted by atomic mass is 10.3. The molecule has 0 unspecified atom stereocenters. The van der Waals surface area contributed by atoms with Gasteiger partial charge in [-0.05, 0) is 49.5 Å². The van der Waals surface area contributed by atoms with Crippen LogP contribution in [0.25, 0.3) is 11.0 Å². The molecule has 1 aromatic heterocycles. The summed E-state index contributed by atoms with van der Waals surface area (Å²) in [5, 5.41) is 0. The summed E-state index contributed by atoms with van der Waals surface area (Å²) in [5.41, 5.74) is 1.78. The number of rotatable bonds is 3. The molecule has 0 spiro atoms. The second-order valence-corrected chi connectivity index (χ2v) is 6.23. The number of hydrogen-bond acceptors (Lipinski definition) is 2. The largest absolute Gasteiger partial charge is 0.330 e. The van der Waals surface area contributed by atoms with Gasteiger partial charge in [0.05, 0.1) is 11.0 Å². The Hall–Kier alpha value is -0.810. The van der Waals surface area contributed by atoms with Crippen molar-refractivity contribution in [2.75, 3.05) is 6.26 Å². The van der Waals surface area contributed by atoms with Gasteiger partial charge in [0.15, 0.2) is 4.77 Å². The fraction of sp³-hybridized carbons (Fsp3) is 0.417. The first-order chi connectivity index (χ1) is 8.13. The van der Waals surface area contributed by atoms with Crippen LogP contribution >= 0.6 is 24.0 Å². The highest BCUT2D eigenvalue weighted by Crippen LogP contribution is 2.48. The fourth-order valence-electron chi connectivity index (χ4n) is 2.15. The summed E-state index contributed by atoms with van der Waals surface area (Å²) in [4.78, 5) is 3.07. The summed E-state index contributed by atoms with van der Waals surface area (Å²) in [6, 6.07) is 4.79. The number of hydrogen-bond donors (Lipinski definition) is 1. The van der Waals surface area contributed by atoms with E-state index in [-0.39, 0.29) is 5.82 Å². The molecular weight excluding hydrogens is 255 g/mol. The van der Waals surface area contributed by atoms with Gasteiger partial charge in [0, 0.05) is 11.3 Å². The van der Waals surface area contributed by atoms with Crippen molar-refractivity contribution in [2.45, 2.75) is 24.1 Å². The van der Waals surface area contributed by atoms with Crippen LogP contribution in [0.1, 0.15) is 12.8 Å². The average Bonchev–Trinajstić information content (AvgIpc) is 3.01. The molecule has 5 heteroatoms. The number of nitrogens with zero attached hydrogens (tertiary/aromatic N) is 1. The lowest BCUT2D eigenvalue weighted by Gasteiger charge is -2.13. The van der Waals surface area contributed by atoms with E-state index in [0.29, 0.717) is 9.52 Å². The van der Waals surface area contributed by atoms with Crippen LogP contribution in [0, 0.1) is 10.6 Å². The molecule has 1 N–H and O–H groups in total. The summed E-state index contributed by atoms with van der Waals surface area (Å²) in [5.74, 6) is -0.230. The van der Waals surface area contributed by atoms with Gasteiger partial charge >= 0.3 is 0 Å². The topological polar surface area (TPSA) is 20.7 Å². The van der Waals surface area contributed by atoms with Gasteiger partial charge in [0.2, 0.25) is 0 Å². The predicted molar refractivity (Wildman–Crippen MR) is 72.6 cm³/mol. The number of fused-ring (bicyclic) bond motifs is 1. The molecule has 3 rings (SSSR count). The van der Waals surface area contributed by atoms with Crippen LogP contribution in [0.2, 0.25) is 0 Å². The van der Waals surface area contributed by atoms with E-state index in [1.807, 2.05) is 11.8 Å². The first-order valence-electron chi connectivity index (χ1n) is 5.57. The quantitative estimate of drug-likeness (QED) is 0.856. The van der Waals surface area contributed by atoms with E-state index in [1.54, 1.807) is 6.07 Å². The zero-order chi connectivity index (χ0) is 12.0. The van der Waals surface area contributed by atoms with Crippen molar-refractivity contribution < 1.29 is 4.39 Å². The summed E-state index contributed by atoms with van der Waals surface area (Å²) in [7, 11) is 0. The number of halogens is 1. The van der Waals surface area contributed by atoms with Crippen molar-refractivity contribution >= 4 is 35.0 Å². The second kappa shape index (κ2) is 3.85. The lowest BCUT2D eigenvalue weighted by molar-refractivity contribution is 0.629. The van der Waals surface area contributed by atoms with Crippen LogP contribution in [0.15, 0.2) is 18.2 Å². The van der Waals surface area contributed by atoms with Crippen molar-refractivity contribution in [3.63, 3.8) is 0 Å². The molecule has 17 heavy (non-hydrogen) atoms. The number of imidazole rings is 1. The highest BCUT2D eigenvalue weighted by Gasteiger charge is 2.42. The van der Waals surface area contributed by atoms with Crippen molar-refractivity contribution in [3.8, 4) is 0 Å². The molecule has 0 aliphatic heterocycles. The molecule has 0 bridgehead atoms. The normalized spacial score (nSPS) is 17.5. The first kappa shape index (κ1) is 11.3. The van der Waals surface area contributed by atoms with Gasteiger partial charge < -0.3 is 9.55 Å². The summed E-state index contributed by atoms with van der Waals surface area (Å²) < 4.78 is 16.3. The van der Waals surface area contributed by atoms with Gasteiger partial charge in [0.25, 0.3) is 0 Å². The van der Waals surface area contributed by atoms with Gasteiger partial charge in [0.1, 0.15) is 5.82 Å². The summed E-state index contributed by atoms with van der Waals surface area (Å²) in [6.07, 6.45) is 4.62. The zero-order valence-electron chi connectivity index (χ0n) is 9.50. The Balaban J connectivity index is 2.09. The number of H-pyrrole nitrogens is 1. The monoisotopic (exact) mass is 268 g/mol. The molecule has 1 aliphatic carbocycles. The first-order valence-corrected chi connectivity index (χ1v) is 7.20. The standard InChI is InChI=1S/C12H13FN2S2/c1-17-12(4-5-12)7-15-10-3-2-8(13)6-9(10)14-11(15)16/h2-3,6H,4-5,7H2,1H3,(H,14,16). The average molecular weight is 268 g/mol. The number of aromatic nitrogens is 2. The SMILES string of the molecule is CSC1(Cn2c(=S)[nH]c3cc(F)ccc32)CC1. The van der Waals surface area contributed by atoms with Crippen LogP contribution < -0.4 is 0 Å². The number of nitrogens with one attached hydrogen (secondary N) is 1. The maximum absolute atomic E-state index is 13.1. The van der Waals surface area contributed by atoms with Gasteiger partial charge in [-0.15, -0.1) is 0 Å². The fourth-order valence-corrected chi connectivity index (χ4v) is 3.19. The van der Waals surface area contributed by atoms with Gasteiger partial charge in [-0.25, -0.2) is 4.39 Å². The molecule has 90 valence electrons. The third-order valence-corrected chi connectivity index (χ3v) is 5.15.